The Morgan fingerprint density at radius 2 is 2.42 bits per heavy atom. The van der Waals surface area contributed by atoms with Gasteiger partial charge in [0, 0.05) is 40.8 Å². The van der Waals surface area contributed by atoms with Gasteiger partial charge in [0.25, 0.3) is 0 Å². The second kappa shape index (κ2) is 8.91. The lowest BCUT2D eigenvalue weighted by atomic mass is 10.1. The average Bonchev–Trinajstić information content (AvgIpc) is 3.28. The molecule has 3 heterocycles. The molecule has 7 heteroatoms. The Kier molecular flexibility index (Phi) is 6.35. The Bertz CT molecular complexity index is 899. The summed E-state index contributed by atoms with van der Waals surface area (Å²) in [6, 6.07) is 2.41. The fourth-order valence-electron chi connectivity index (χ4n) is 3.09. The van der Waals surface area contributed by atoms with Crippen molar-refractivity contribution in [2.75, 3.05) is 20.1 Å². The highest BCUT2D eigenvalue weighted by molar-refractivity contribution is 7.10. The van der Waals surface area contributed by atoms with E-state index in [1.807, 2.05) is 23.9 Å². The van der Waals surface area contributed by atoms with Crippen LogP contribution in [0.15, 0.2) is 27.6 Å². The molecule has 138 valence electrons. The van der Waals surface area contributed by atoms with Gasteiger partial charge in [0.05, 0.1) is 24.1 Å². The minimum absolute atomic E-state index is 0.290. The van der Waals surface area contributed by atoms with Crippen LogP contribution in [0.4, 0.5) is 0 Å². The molecule has 2 aromatic heterocycles. The maximum absolute atomic E-state index is 6.23. The van der Waals surface area contributed by atoms with E-state index in [0.29, 0.717) is 5.84 Å². The predicted octanol–water partition coefficient (Wildman–Crippen LogP) is 0.732. The average molecular weight is 371 g/mol. The Morgan fingerprint density at radius 1 is 1.54 bits per heavy atom. The quantitative estimate of drug-likeness (QED) is 0.601. The van der Waals surface area contributed by atoms with Gasteiger partial charge in [0.15, 0.2) is 0 Å². The Hall–Kier alpha value is -2.25. The van der Waals surface area contributed by atoms with Crippen molar-refractivity contribution in [3.8, 4) is 0 Å². The molecule has 1 aliphatic rings. The minimum Gasteiger partial charge on any atom is -0.383 e. The number of amidine groups is 1. The second-order valence-corrected chi connectivity index (χ2v) is 7.32. The lowest BCUT2D eigenvalue weighted by Crippen LogP contribution is -2.34. The number of hydrogen-bond donors (Lipinski definition) is 2. The van der Waals surface area contributed by atoms with Gasteiger partial charge in [-0.2, -0.15) is 5.10 Å². The molecule has 3 N–H and O–H groups in total. The summed E-state index contributed by atoms with van der Waals surface area (Å²) in [7, 11) is 1.76. The van der Waals surface area contributed by atoms with Crippen LogP contribution >= 0.6 is 11.3 Å². The normalized spacial score (nSPS) is 20.4. The molecular weight excluding hydrogens is 344 g/mol. The van der Waals surface area contributed by atoms with Crippen molar-refractivity contribution in [2.24, 2.45) is 15.7 Å². The summed E-state index contributed by atoms with van der Waals surface area (Å²) in [5, 5.41) is 12.1. The van der Waals surface area contributed by atoms with Crippen LogP contribution in [0, 0.1) is 0 Å². The van der Waals surface area contributed by atoms with Crippen molar-refractivity contribution in [3.63, 3.8) is 0 Å². The van der Waals surface area contributed by atoms with Crippen LogP contribution in [0.25, 0.3) is 12.2 Å². The third-order valence-corrected chi connectivity index (χ3v) is 5.36. The molecule has 0 aliphatic carbocycles. The molecule has 1 atom stereocenters. The zero-order valence-electron chi connectivity index (χ0n) is 15.4. The summed E-state index contributed by atoms with van der Waals surface area (Å²) in [5.41, 5.74) is 7.24. The van der Waals surface area contributed by atoms with Crippen LogP contribution in [0.2, 0.25) is 0 Å². The molecule has 1 aliphatic heterocycles. The number of rotatable bonds is 5. The van der Waals surface area contributed by atoms with Gasteiger partial charge in [-0.1, -0.05) is 6.08 Å². The molecule has 3 rings (SSSR count). The maximum atomic E-state index is 6.23. The van der Waals surface area contributed by atoms with Crippen molar-refractivity contribution in [2.45, 2.75) is 32.4 Å². The second-order valence-electron chi connectivity index (χ2n) is 6.32. The van der Waals surface area contributed by atoms with Gasteiger partial charge in [-0.05, 0) is 38.5 Å². The minimum atomic E-state index is 0.290. The first kappa shape index (κ1) is 18.5. The lowest BCUT2D eigenvalue weighted by molar-refractivity contribution is 0.461. The van der Waals surface area contributed by atoms with E-state index in [1.54, 1.807) is 24.6 Å². The molecule has 26 heavy (non-hydrogen) atoms. The third-order valence-electron chi connectivity index (χ3n) is 4.43. The number of nitrogens with zero attached hydrogens (tertiary/aromatic N) is 4. The van der Waals surface area contributed by atoms with Crippen LogP contribution in [0.5, 0.6) is 0 Å². The summed E-state index contributed by atoms with van der Waals surface area (Å²) in [5.74, 6) is 0.636. The molecule has 0 aromatic carbocycles. The van der Waals surface area contributed by atoms with E-state index in [0.717, 1.165) is 48.6 Å². The molecule has 6 nitrogen and oxygen atoms in total. The maximum Gasteiger partial charge on any atom is 0.126 e. The molecule has 1 unspecified atom stereocenters. The molecular formula is C19H26N6S. The Labute approximate surface area is 157 Å². The van der Waals surface area contributed by atoms with E-state index in [-0.39, 0.29) is 6.04 Å². The number of aliphatic imine (C=N–C) groups is 2. The number of nitrogens with one attached hydrogen (secondary N) is 1. The van der Waals surface area contributed by atoms with Gasteiger partial charge >= 0.3 is 0 Å². The highest BCUT2D eigenvalue weighted by Gasteiger charge is 2.13. The zero-order valence-corrected chi connectivity index (χ0v) is 16.2. The van der Waals surface area contributed by atoms with Crippen molar-refractivity contribution in [1.82, 2.24) is 15.1 Å². The highest BCUT2D eigenvalue weighted by Crippen LogP contribution is 2.16. The molecule has 0 saturated carbocycles. The first-order valence-electron chi connectivity index (χ1n) is 8.93. The van der Waals surface area contributed by atoms with Crippen LogP contribution in [-0.2, 0) is 6.54 Å². The van der Waals surface area contributed by atoms with Crippen molar-refractivity contribution in [1.29, 1.82) is 0 Å². The fourth-order valence-corrected chi connectivity index (χ4v) is 3.95. The summed E-state index contributed by atoms with van der Waals surface area (Å²) < 4.78 is 2.00. The summed E-state index contributed by atoms with van der Waals surface area (Å²) in [4.78, 5) is 9.91. The van der Waals surface area contributed by atoms with Crippen LogP contribution in [0.3, 0.4) is 0 Å². The number of nitrogens with two attached hydrogens (primary N) is 1. The first-order valence-corrected chi connectivity index (χ1v) is 9.81. The molecule has 0 bridgehead atoms. The predicted molar refractivity (Wildman–Crippen MR) is 111 cm³/mol. The van der Waals surface area contributed by atoms with E-state index < -0.39 is 0 Å². The SMILES string of the molecule is C/C=c1\c(=C/C=NC)cnn1Cc1cc(C(N)=NC2CCCNC2)cs1. The molecule has 1 fully saturated rings. The van der Waals surface area contributed by atoms with Gasteiger partial charge in [0.2, 0.25) is 0 Å². The number of aromatic nitrogens is 2. The van der Waals surface area contributed by atoms with E-state index in [4.69, 9.17) is 5.73 Å². The largest absolute Gasteiger partial charge is 0.383 e. The topological polar surface area (TPSA) is 80.6 Å². The monoisotopic (exact) mass is 370 g/mol. The summed E-state index contributed by atoms with van der Waals surface area (Å²) >= 11 is 1.69. The van der Waals surface area contributed by atoms with Crippen molar-refractivity contribution < 1.29 is 0 Å². The van der Waals surface area contributed by atoms with Gasteiger partial charge in [-0.3, -0.25) is 14.7 Å². The molecule has 1 saturated heterocycles. The zero-order chi connectivity index (χ0) is 18.4. The van der Waals surface area contributed by atoms with Crippen molar-refractivity contribution >= 4 is 35.5 Å². The van der Waals surface area contributed by atoms with Gasteiger partial charge in [-0.15, -0.1) is 11.3 Å². The highest BCUT2D eigenvalue weighted by atomic mass is 32.1. The van der Waals surface area contributed by atoms with Crippen LogP contribution in [0.1, 0.15) is 30.2 Å². The summed E-state index contributed by atoms with van der Waals surface area (Å²) in [6.07, 6.45) is 9.97. The molecule has 0 radical (unpaired) electrons. The van der Waals surface area contributed by atoms with Crippen LogP contribution in [-0.4, -0.2) is 48.0 Å². The summed E-state index contributed by atoms with van der Waals surface area (Å²) in [6.45, 7) is 4.75. The van der Waals surface area contributed by atoms with E-state index >= 15 is 0 Å². The van der Waals surface area contributed by atoms with E-state index in [9.17, 15) is 0 Å². The number of hydrogen-bond acceptors (Lipinski definition) is 5. The smallest absolute Gasteiger partial charge is 0.126 e. The lowest BCUT2D eigenvalue weighted by Gasteiger charge is -2.19. The van der Waals surface area contributed by atoms with Gasteiger partial charge in [-0.25, -0.2) is 0 Å². The molecule has 0 amide bonds. The Balaban J connectivity index is 1.77. The number of piperidine rings is 1. The Morgan fingerprint density at radius 3 is 3.15 bits per heavy atom. The third kappa shape index (κ3) is 4.47. The standard InChI is InChI=1S/C19H26N6S/c1-3-18-14(6-8-21-2)10-23-25(18)12-17-9-15(13-26-17)19(20)24-16-5-4-7-22-11-16/h3,6,8-10,13,16,22H,4-5,7,11-12H2,1-2H3,(H2,20,24)/b14-6-,18-3+,21-8?. The van der Waals surface area contributed by atoms with Crippen LogP contribution < -0.4 is 21.6 Å². The van der Waals surface area contributed by atoms with Gasteiger partial charge in [0.1, 0.15) is 5.84 Å². The fraction of sp³-hybridized carbons (Fsp3) is 0.421. The van der Waals surface area contributed by atoms with E-state index in [1.165, 1.54) is 4.88 Å². The first-order chi connectivity index (χ1) is 12.7. The van der Waals surface area contributed by atoms with Gasteiger partial charge < -0.3 is 11.1 Å². The van der Waals surface area contributed by atoms with E-state index in [2.05, 4.69) is 37.9 Å². The number of thiophene rings is 1. The molecule has 2 aromatic rings. The molecule has 0 spiro atoms. The van der Waals surface area contributed by atoms with Crippen molar-refractivity contribution in [3.05, 3.63) is 38.7 Å².